The third-order valence-corrected chi connectivity index (χ3v) is 11.8. The highest BCUT2D eigenvalue weighted by Crippen LogP contribution is 2.38. The van der Waals surface area contributed by atoms with E-state index in [-0.39, 0.29) is 26.1 Å². The van der Waals surface area contributed by atoms with Gasteiger partial charge >= 0.3 is 11.9 Å². The molecule has 63 heavy (non-hydrogen) atoms. The number of unbranched alkanes of at least 4 members (excludes halogenated alkanes) is 23. The molecular formula is C53H96NO8P. The predicted octanol–water partition coefficient (Wildman–Crippen LogP) is 14.6. The molecule has 0 fully saturated rings. The van der Waals surface area contributed by atoms with Gasteiger partial charge in [-0.3, -0.25) is 14.2 Å². The first kappa shape index (κ1) is 60.7. The largest absolute Gasteiger partial charge is 0.756 e. The number of rotatable bonds is 46. The number of ether oxygens (including phenoxy) is 2. The molecule has 0 bridgehead atoms. The van der Waals surface area contributed by atoms with Gasteiger partial charge in [0, 0.05) is 6.42 Å². The van der Waals surface area contributed by atoms with Gasteiger partial charge in [-0.15, -0.1) is 0 Å². The molecule has 2 unspecified atom stereocenters. The molecule has 0 N–H and O–H groups in total. The van der Waals surface area contributed by atoms with Crippen LogP contribution in [0.2, 0.25) is 0 Å². The molecule has 0 spiro atoms. The molecule has 0 aromatic carbocycles. The maximum Gasteiger partial charge on any atom is 0.310 e. The molecule has 0 aliphatic rings. The molecule has 0 aliphatic carbocycles. The van der Waals surface area contributed by atoms with Crippen molar-refractivity contribution >= 4 is 19.8 Å². The summed E-state index contributed by atoms with van der Waals surface area (Å²) in [6.07, 6.45) is 55.9. The van der Waals surface area contributed by atoms with Crippen LogP contribution in [0.25, 0.3) is 0 Å². The molecule has 0 amide bonds. The van der Waals surface area contributed by atoms with E-state index in [1.54, 1.807) is 6.08 Å². The number of hydrogen-bond acceptors (Lipinski definition) is 8. The molecule has 0 saturated carbocycles. The molecule has 0 rings (SSSR count). The van der Waals surface area contributed by atoms with Crippen molar-refractivity contribution in [1.29, 1.82) is 0 Å². The molecule has 2 atom stereocenters. The van der Waals surface area contributed by atoms with E-state index in [4.69, 9.17) is 18.5 Å². The summed E-state index contributed by atoms with van der Waals surface area (Å²) in [5.74, 6) is -0.977. The van der Waals surface area contributed by atoms with Crippen LogP contribution in [0.15, 0.2) is 60.8 Å². The SMILES string of the molecule is CC/C=C\C/C=C\C/C=C\C/C=C\C/C=C\CC(=O)OC(COC(=O)CCCCCCCCCCCCCCCCCCCCCCCCCC)COP(=O)([O-])OCC[N+](C)(C)C. The van der Waals surface area contributed by atoms with Crippen molar-refractivity contribution in [3.63, 3.8) is 0 Å². The monoisotopic (exact) mass is 906 g/mol. The Hall–Kier alpha value is -2.29. The average molecular weight is 906 g/mol. The highest BCUT2D eigenvalue weighted by atomic mass is 31.2. The highest BCUT2D eigenvalue weighted by molar-refractivity contribution is 7.45. The molecule has 0 heterocycles. The summed E-state index contributed by atoms with van der Waals surface area (Å²) in [6.45, 7) is 4.02. The summed E-state index contributed by atoms with van der Waals surface area (Å²) in [5, 5.41) is 0. The van der Waals surface area contributed by atoms with E-state index >= 15 is 0 Å². The van der Waals surface area contributed by atoms with Gasteiger partial charge in [-0.05, 0) is 38.5 Å². The van der Waals surface area contributed by atoms with Crippen LogP contribution < -0.4 is 4.89 Å². The van der Waals surface area contributed by atoms with E-state index in [0.29, 0.717) is 17.4 Å². The van der Waals surface area contributed by atoms with Crippen LogP contribution in [0.5, 0.6) is 0 Å². The lowest BCUT2D eigenvalue weighted by atomic mass is 10.0. The van der Waals surface area contributed by atoms with E-state index in [1.807, 2.05) is 33.3 Å². The maximum absolute atomic E-state index is 12.6. The molecule has 10 heteroatoms. The van der Waals surface area contributed by atoms with Gasteiger partial charge in [-0.1, -0.05) is 222 Å². The highest BCUT2D eigenvalue weighted by Gasteiger charge is 2.21. The van der Waals surface area contributed by atoms with Gasteiger partial charge in [0.15, 0.2) is 6.10 Å². The van der Waals surface area contributed by atoms with Crippen LogP contribution in [-0.2, 0) is 32.7 Å². The number of phosphoric ester groups is 1. The van der Waals surface area contributed by atoms with Gasteiger partial charge in [-0.2, -0.15) is 0 Å². The molecule has 0 radical (unpaired) electrons. The number of quaternary nitrogens is 1. The van der Waals surface area contributed by atoms with Gasteiger partial charge in [0.2, 0.25) is 0 Å². The minimum absolute atomic E-state index is 0.00740. The second-order valence-corrected chi connectivity index (χ2v) is 19.6. The fraction of sp³-hybridized carbons (Fsp3) is 0.774. The van der Waals surface area contributed by atoms with Crippen molar-refractivity contribution in [2.75, 3.05) is 47.5 Å². The van der Waals surface area contributed by atoms with E-state index in [0.717, 1.165) is 44.9 Å². The maximum atomic E-state index is 12.6. The predicted molar refractivity (Wildman–Crippen MR) is 263 cm³/mol. The zero-order valence-electron chi connectivity index (χ0n) is 41.3. The first-order valence-corrected chi connectivity index (χ1v) is 27.0. The first-order valence-electron chi connectivity index (χ1n) is 25.5. The van der Waals surface area contributed by atoms with Gasteiger partial charge in [-0.25, -0.2) is 0 Å². The number of nitrogens with zero attached hydrogens (tertiary/aromatic N) is 1. The summed E-state index contributed by atoms with van der Waals surface area (Å²) in [4.78, 5) is 37.6. The summed E-state index contributed by atoms with van der Waals surface area (Å²) in [6, 6.07) is 0. The Labute approximate surface area is 387 Å². The smallest absolute Gasteiger partial charge is 0.310 e. The van der Waals surface area contributed by atoms with Crippen molar-refractivity contribution in [1.82, 2.24) is 0 Å². The molecule has 9 nitrogen and oxygen atoms in total. The third kappa shape index (κ3) is 49.0. The Kier molecular flexibility index (Phi) is 43.3. The Morgan fingerprint density at radius 2 is 0.889 bits per heavy atom. The lowest BCUT2D eigenvalue weighted by molar-refractivity contribution is -0.870. The van der Waals surface area contributed by atoms with Crippen molar-refractivity contribution in [2.45, 2.75) is 219 Å². The Bertz CT molecular complexity index is 1250. The van der Waals surface area contributed by atoms with Crippen LogP contribution in [0.4, 0.5) is 0 Å². The van der Waals surface area contributed by atoms with Gasteiger partial charge in [0.1, 0.15) is 19.8 Å². The second-order valence-electron chi connectivity index (χ2n) is 18.2. The molecule has 0 aromatic rings. The number of allylic oxidation sites excluding steroid dienone is 9. The molecule has 366 valence electrons. The lowest BCUT2D eigenvalue weighted by Gasteiger charge is -2.28. The van der Waals surface area contributed by atoms with Crippen LogP contribution >= 0.6 is 7.82 Å². The van der Waals surface area contributed by atoms with Gasteiger partial charge in [0.05, 0.1) is 34.2 Å². The first-order chi connectivity index (χ1) is 30.5. The Balaban J connectivity index is 4.25. The van der Waals surface area contributed by atoms with E-state index in [1.165, 1.54) is 135 Å². The molecular weight excluding hydrogens is 810 g/mol. The molecule has 0 saturated heterocycles. The molecule has 0 aromatic heterocycles. The fourth-order valence-corrected chi connectivity index (χ4v) is 7.64. The lowest BCUT2D eigenvalue weighted by Crippen LogP contribution is -2.37. The zero-order chi connectivity index (χ0) is 46.4. The summed E-state index contributed by atoms with van der Waals surface area (Å²) in [7, 11) is 1.11. The van der Waals surface area contributed by atoms with Crippen molar-refractivity contribution < 1.29 is 42.1 Å². The van der Waals surface area contributed by atoms with E-state index < -0.39 is 32.5 Å². The average Bonchev–Trinajstić information content (AvgIpc) is 3.24. The standard InChI is InChI=1S/C53H96NO8P/c1-6-8-10-12-14-16-18-20-22-23-24-25-26-27-28-29-30-32-33-35-37-39-41-43-45-52(55)59-49-51(50-61-63(57,58)60-48-47-54(3,4)5)62-53(56)46-44-42-40-38-36-34-31-21-19-17-15-13-11-9-7-2/h9,11,15,17,21,31,36,38,42,44,51H,6-8,10,12-14,16,18-20,22-30,32-35,37,39-41,43,45-50H2,1-5H3/b11-9-,17-15-,31-21-,38-36-,44-42-. The zero-order valence-corrected chi connectivity index (χ0v) is 42.2. The minimum Gasteiger partial charge on any atom is -0.756 e. The normalized spacial score (nSPS) is 13.9. The number of likely N-dealkylation sites (N-methyl/N-ethyl adjacent to an activating group) is 1. The van der Waals surface area contributed by atoms with Crippen LogP contribution in [0, 0.1) is 0 Å². The number of esters is 2. The van der Waals surface area contributed by atoms with E-state index in [2.05, 4.69) is 56.4 Å². The van der Waals surface area contributed by atoms with Crippen LogP contribution in [0.1, 0.15) is 213 Å². The topological polar surface area (TPSA) is 111 Å². The van der Waals surface area contributed by atoms with Gasteiger partial charge < -0.3 is 27.9 Å². The Morgan fingerprint density at radius 1 is 0.508 bits per heavy atom. The van der Waals surface area contributed by atoms with Crippen LogP contribution in [-0.4, -0.2) is 70.0 Å². The number of hydrogen-bond donors (Lipinski definition) is 0. The van der Waals surface area contributed by atoms with E-state index in [9.17, 15) is 19.0 Å². The van der Waals surface area contributed by atoms with Crippen molar-refractivity contribution in [3.8, 4) is 0 Å². The third-order valence-electron chi connectivity index (χ3n) is 10.8. The Morgan fingerprint density at radius 3 is 1.29 bits per heavy atom. The number of carbonyl (C=O) groups is 2. The van der Waals surface area contributed by atoms with Crippen molar-refractivity contribution in [2.24, 2.45) is 0 Å². The summed E-state index contributed by atoms with van der Waals surface area (Å²) < 4.78 is 33.9. The summed E-state index contributed by atoms with van der Waals surface area (Å²) in [5.41, 5.74) is 0. The second kappa shape index (κ2) is 44.9. The van der Waals surface area contributed by atoms with Crippen molar-refractivity contribution in [3.05, 3.63) is 60.8 Å². The van der Waals surface area contributed by atoms with Gasteiger partial charge in [0.25, 0.3) is 7.82 Å². The fourth-order valence-electron chi connectivity index (χ4n) is 6.91. The molecule has 0 aliphatic heterocycles. The summed E-state index contributed by atoms with van der Waals surface area (Å²) >= 11 is 0. The number of carbonyl (C=O) groups excluding carboxylic acids is 2. The minimum atomic E-state index is -4.65. The quantitative estimate of drug-likeness (QED) is 0.0195. The van der Waals surface area contributed by atoms with Crippen LogP contribution in [0.3, 0.4) is 0 Å². The number of phosphoric acid groups is 1.